The molecule has 0 radical (unpaired) electrons. The fourth-order valence-corrected chi connectivity index (χ4v) is 8.18. The van der Waals surface area contributed by atoms with Gasteiger partial charge in [-0.1, -0.05) is 62.8 Å². The molecule has 3 amide bonds. The van der Waals surface area contributed by atoms with Gasteiger partial charge in [-0.25, -0.2) is 4.90 Å². The van der Waals surface area contributed by atoms with Crippen molar-refractivity contribution < 1.29 is 19.5 Å². The monoisotopic (exact) mass is 655 g/mol. The van der Waals surface area contributed by atoms with E-state index in [1.807, 2.05) is 24.3 Å². The van der Waals surface area contributed by atoms with E-state index in [0.717, 1.165) is 33.1 Å². The number of halogens is 2. The molecule has 0 bridgehead atoms. The average molecular weight is 657 g/mol. The minimum Gasteiger partial charge on any atom is -0.508 e. The first-order valence-corrected chi connectivity index (χ1v) is 15.0. The summed E-state index contributed by atoms with van der Waals surface area (Å²) in [7, 11) is 0. The summed E-state index contributed by atoms with van der Waals surface area (Å²) in [5.41, 5.74) is 1.69. The summed E-state index contributed by atoms with van der Waals surface area (Å²) < 4.78 is 2.22. The number of hydrogen-bond donors (Lipinski definition) is 2. The van der Waals surface area contributed by atoms with Gasteiger partial charge in [0.15, 0.2) is 0 Å². The first-order chi connectivity index (χ1) is 19.2. The van der Waals surface area contributed by atoms with Crippen molar-refractivity contribution in [3.05, 3.63) is 102 Å². The summed E-state index contributed by atoms with van der Waals surface area (Å²) in [5, 5.41) is 12.4. The lowest BCUT2D eigenvalue weighted by atomic mass is 9.83. The number of carbonyl (C=O) groups is 3. The van der Waals surface area contributed by atoms with Crippen LogP contribution < -0.4 is 15.1 Å². The zero-order valence-electron chi connectivity index (χ0n) is 20.4. The summed E-state index contributed by atoms with van der Waals surface area (Å²) in [6.45, 7) is -0.272. The Balaban J connectivity index is 1.40. The van der Waals surface area contributed by atoms with Crippen LogP contribution in [0.1, 0.15) is 16.4 Å². The largest absolute Gasteiger partial charge is 0.508 e. The lowest BCUT2D eigenvalue weighted by Gasteiger charge is -2.30. The number of benzene rings is 3. The number of phenolic OH excluding ortho intramolecular Hbond substituents is 1. The van der Waals surface area contributed by atoms with Crippen molar-refractivity contribution in [2.24, 2.45) is 5.92 Å². The normalized spacial score (nSPS) is 19.9. The first-order valence-electron chi connectivity index (χ1n) is 12.1. The fourth-order valence-electron chi connectivity index (χ4n) is 5.02. The van der Waals surface area contributed by atoms with Crippen molar-refractivity contribution in [2.45, 2.75) is 22.7 Å². The highest BCUT2D eigenvalue weighted by Crippen LogP contribution is 2.54. The van der Waals surface area contributed by atoms with Crippen LogP contribution >= 0.6 is 50.6 Å². The van der Waals surface area contributed by atoms with Crippen molar-refractivity contribution in [1.29, 1.82) is 0 Å². The third-order valence-electron chi connectivity index (χ3n) is 6.82. The maximum atomic E-state index is 13.9. The first kappa shape index (κ1) is 26.8. The number of fused-ring (bicyclic) bond motifs is 2. The van der Waals surface area contributed by atoms with Crippen molar-refractivity contribution in [1.82, 2.24) is 4.57 Å². The lowest BCUT2D eigenvalue weighted by Crippen LogP contribution is -2.33. The molecular formula is C28H19BrClN3O5S2. The van der Waals surface area contributed by atoms with Gasteiger partial charge in [-0.3, -0.25) is 23.7 Å². The van der Waals surface area contributed by atoms with Crippen LogP contribution in [0.5, 0.6) is 5.75 Å². The van der Waals surface area contributed by atoms with Crippen LogP contribution in [0.4, 0.5) is 11.4 Å². The molecule has 6 rings (SSSR count). The van der Waals surface area contributed by atoms with Crippen LogP contribution in [-0.4, -0.2) is 32.6 Å². The van der Waals surface area contributed by atoms with Gasteiger partial charge in [0.05, 0.1) is 16.6 Å². The van der Waals surface area contributed by atoms with Crippen LogP contribution in [-0.2, 0) is 20.9 Å². The number of aromatic nitrogens is 1. The number of nitrogens with zero attached hydrogens (tertiary/aromatic N) is 2. The number of aromatic hydroxyl groups is 1. The van der Waals surface area contributed by atoms with Gasteiger partial charge in [-0.15, -0.1) is 0 Å². The van der Waals surface area contributed by atoms with E-state index < -0.39 is 23.0 Å². The zero-order valence-corrected chi connectivity index (χ0v) is 24.4. The second kappa shape index (κ2) is 10.5. The quantitative estimate of drug-likeness (QED) is 0.218. The maximum absolute atomic E-state index is 13.9. The van der Waals surface area contributed by atoms with Crippen LogP contribution in [0.25, 0.3) is 0 Å². The van der Waals surface area contributed by atoms with Crippen molar-refractivity contribution >= 4 is 79.7 Å². The van der Waals surface area contributed by atoms with Crippen molar-refractivity contribution in [3.8, 4) is 5.75 Å². The van der Waals surface area contributed by atoms with E-state index in [1.54, 1.807) is 36.4 Å². The van der Waals surface area contributed by atoms with E-state index in [2.05, 4.69) is 21.2 Å². The average Bonchev–Trinajstić information content (AvgIpc) is 3.37. The molecule has 2 aliphatic heterocycles. The molecule has 2 unspecified atom stereocenters. The predicted octanol–water partition coefficient (Wildman–Crippen LogP) is 5.47. The molecule has 1 saturated heterocycles. The molecule has 202 valence electrons. The van der Waals surface area contributed by atoms with Crippen molar-refractivity contribution in [2.75, 3.05) is 10.2 Å². The molecule has 0 saturated carbocycles. The Bertz CT molecular complexity index is 1700. The van der Waals surface area contributed by atoms with E-state index in [-0.39, 0.29) is 29.0 Å². The molecule has 3 atom stereocenters. The summed E-state index contributed by atoms with van der Waals surface area (Å²) in [4.78, 5) is 55.3. The summed E-state index contributed by atoms with van der Waals surface area (Å²) in [6.07, 6.45) is 0. The number of rotatable bonds is 5. The highest BCUT2D eigenvalue weighted by Gasteiger charge is 2.56. The van der Waals surface area contributed by atoms with Crippen LogP contribution in [0, 0.1) is 5.92 Å². The second-order valence-corrected chi connectivity index (χ2v) is 12.8. The Labute approximate surface area is 249 Å². The number of phenols is 1. The van der Waals surface area contributed by atoms with E-state index >= 15 is 0 Å². The van der Waals surface area contributed by atoms with Crippen LogP contribution in [0.2, 0.25) is 5.02 Å². The molecule has 2 aliphatic rings. The van der Waals surface area contributed by atoms with E-state index in [1.165, 1.54) is 21.6 Å². The minimum absolute atomic E-state index is 0.0643. The lowest BCUT2D eigenvalue weighted by molar-refractivity contribution is -0.122. The molecule has 3 heterocycles. The number of thioether (sulfide) groups is 1. The van der Waals surface area contributed by atoms with Crippen LogP contribution in [0.15, 0.2) is 87.1 Å². The highest BCUT2D eigenvalue weighted by atomic mass is 79.9. The van der Waals surface area contributed by atoms with E-state index in [0.29, 0.717) is 26.3 Å². The third-order valence-corrected chi connectivity index (χ3v) is 10.2. The van der Waals surface area contributed by atoms with Gasteiger partial charge in [-0.2, -0.15) is 0 Å². The van der Waals surface area contributed by atoms with E-state index in [4.69, 9.17) is 11.6 Å². The Morgan fingerprint density at radius 2 is 1.62 bits per heavy atom. The summed E-state index contributed by atoms with van der Waals surface area (Å²) in [6, 6.07) is 20.0. The number of anilines is 2. The molecule has 0 aliphatic carbocycles. The molecule has 4 aromatic rings. The van der Waals surface area contributed by atoms with Gasteiger partial charge >= 0.3 is 4.87 Å². The number of imide groups is 1. The Hall–Kier alpha value is -3.38. The molecule has 3 aromatic carbocycles. The predicted molar refractivity (Wildman–Crippen MR) is 158 cm³/mol. The third kappa shape index (κ3) is 4.77. The maximum Gasteiger partial charge on any atom is 0.308 e. The standard InChI is InChI=1S/C28H19BrClN3O5S2/c29-15-3-1-14(2-4-15)21-22-23(26(37)33(25(22)36)18-9-5-16(30)6-10-18)39-27-24(21)40-28(38)32(27)13-20(35)31-17-7-11-19(34)12-8-17/h1-12,21-23,34H,13H2,(H,31,35)/t21-,22?,23?/m1/s1. The molecule has 2 N–H and O–H groups in total. The van der Waals surface area contributed by atoms with Gasteiger partial charge < -0.3 is 10.4 Å². The molecular weight excluding hydrogens is 638 g/mol. The second-order valence-electron chi connectivity index (χ2n) is 9.30. The highest BCUT2D eigenvalue weighted by molar-refractivity contribution is 9.10. The Morgan fingerprint density at radius 3 is 2.30 bits per heavy atom. The number of nitrogens with one attached hydrogen (secondary N) is 1. The Kier molecular flexibility index (Phi) is 7.07. The molecule has 1 fully saturated rings. The number of hydrogen-bond acceptors (Lipinski definition) is 7. The van der Waals surface area contributed by atoms with E-state index in [9.17, 15) is 24.3 Å². The minimum atomic E-state index is -0.787. The zero-order chi connectivity index (χ0) is 28.1. The van der Waals surface area contributed by atoms with Gasteiger partial charge in [0.25, 0.3) is 0 Å². The smallest absolute Gasteiger partial charge is 0.308 e. The topological polar surface area (TPSA) is 109 Å². The van der Waals surface area contributed by atoms with Gasteiger partial charge in [0.2, 0.25) is 17.7 Å². The SMILES string of the molecule is O=C(Cn1c2c(sc1=O)[C@H](c1ccc(Br)cc1)C1C(=O)N(c3ccc(Cl)cc3)C(=O)C1S2)Nc1ccc(O)cc1. The molecule has 12 heteroatoms. The molecule has 0 spiro atoms. The molecule has 40 heavy (non-hydrogen) atoms. The van der Waals surface area contributed by atoms with Gasteiger partial charge in [0.1, 0.15) is 17.5 Å². The number of carbonyl (C=O) groups excluding carboxylic acids is 3. The molecule has 8 nitrogen and oxygen atoms in total. The fraction of sp³-hybridized carbons (Fsp3) is 0.143. The van der Waals surface area contributed by atoms with Gasteiger partial charge in [0, 0.05) is 26.0 Å². The Morgan fingerprint density at radius 1 is 0.950 bits per heavy atom. The molecule has 1 aromatic heterocycles. The number of amides is 3. The summed E-state index contributed by atoms with van der Waals surface area (Å²) in [5.74, 6) is -2.39. The van der Waals surface area contributed by atoms with Crippen molar-refractivity contribution in [3.63, 3.8) is 0 Å². The summed E-state index contributed by atoms with van der Waals surface area (Å²) >= 11 is 11.6. The number of thiazole rings is 1. The van der Waals surface area contributed by atoms with Gasteiger partial charge in [-0.05, 0) is 66.2 Å². The van der Waals surface area contributed by atoms with Crippen LogP contribution in [0.3, 0.4) is 0 Å².